The van der Waals surface area contributed by atoms with Crippen molar-refractivity contribution < 1.29 is 14.7 Å². The highest BCUT2D eigenvalue weighted by Crippen LogP contribution is 2.18. The first-order valence-corrected chi connectivity index (χ1v) is 6.41. The second kappa shape index (κ2) is 6.00. The molecule has 17 heavy (non-hydrogen) atoms. The van der Waals surface area contributed by atoms with Gasteiger partial charge in [0.15, 0.2) is 0 Å². The predicted octanol–water partition coefficient (Wildman–Crippen LogP) is 2.47. The Morgan fingerprint density at radius 3 is 2.35 bits per heavy atom. The Morgan fingerprint density at radius 1 is 1.29 bits per heavy atom. The van der Waals surface area contributed by atoms with Crippen LogP contribution in [0.1, 0.15) is 34.6 Å². The van der Waals surface area contributed by atoms with E-state index in [4.69, 9.17) is 5.11 Å². The van der Waals surface area contributed by atoms with E-state index in [2.05, 4.69) is 0 Å². The number of hydrogen-bond acceptors (Lipinski definition) is 2. The zero-order chi connectivity index (χ0) is 13.0. The van der Waals surface area contributed by atoms with E-state index in [1.807, 2.05) is 36.4 Å². The van der Waals surface area contributed by atoms with E-state index in [0.29, 0.717) is 16.7 Å². The summed E-state index contributed by atoms with van der Waals surface area (Å²) >= 11 is 1.93. The number of halogens is 1. The molecule has 1 aromatic carbocycles. The number of carbonyl (C=O) groups is 2. The maximum Gasteiger partial charge on any atom is 0.337 e. The minimum atomic E-state index is -1.06. The van der Waals surface area contributed by atoms with Crippen molar-refractivity contribution in [1.82, 2.24) is 4.90 Å². The second-order valence-electron chi connectivity index (χ2n) is 3.44. The van der Waals surface area contributed by atoms with Crippen molar-refractivity contribution >= 4 is 34.5 Å². The lowest BCUT2D eigenvalue weighted by Gasteiger charge is -2.19. The summed E-state index contributed by atoms with van der Waals surface area (Å²) in [6.07, 6.45) is 0. The molecule has 0 saturated carbocycles. The molecule has 0 heterocycles. The molecule has 1 aromatic rings. The Balaban J connectivity index is 3.26. The highest BCUT2D eigenvalue weighted by atomic mass is 127. The van der Waals surface area contributed by atoms with E-state index in [9.17, 15) is 9.59 Å². The van der Waals surface area contributed by atoms with Gasteiger partial charge in [0.2, 0.25) is 0 Å². The number of carboxylic acids is 1. The molecule has 1 rings (SSSR count). The van der Waals surface area contributed by atoms with Crippen LogP contribution in [-0.4, -0.2) is 35.0 Å². The van der Waals surface area contributed by atoms with Crippen molar-refractivity contribution in [3.8, 4) is 0 Å². The molecule has 0 unspecified atom stereocenters. The summed E-state index contributed by atoms with van der Waals surface area (Å²) in [5.74, 6) is -1.29. The van der Waals surface area contributed by atoms with Crippen molar-refractivity contribution in [2.45, 2.75) is 13.8 Å². The van der Waals surface area contributed by atoms with Gasteiger partial charge in [0, 0.05) is 16.7 Å². The maximum absolute atomic E-state index is 12.1. The number of benzene rings is 1. The van der Waals surface area contributed by atoms with Crippen molar-refractivity contribution in [3.05, 3.63) is 32.9 Å². The zero-order valence-electron chi connectivity index (χ0n) is 9.74. The maximum atomic E-state index is 12.1. The van der Waals surface area contributed by atoms with E-state index < -0.39 is 5.97 Å². The zero-order valence-corrected chi connectivity index (χ0v) is 11.9. The molecule has 0 aliphatic heterocycles. The number of amides is 1. The van der Waals surface area contributed by atoms with Gasteiger partial charge in [-0.15, -0.1) is 0 Å². The quantitative estimate of drug-likeness (QED) is 0.852. The molecule has 0 fully saturated rings. The molecule has 0 aromatic heterocycles. The van der Waals surface area contributed by atoms with Crippen LogP contribution in [0.5, 0.6) is 0 Å². The Labute approximate surface area is 114 Å². The largest absolute Gasteiger partial charge is 0.478 e. The molecule has 0 atom stereocenters. The highest BCUT2D eigenvalue weighted by Gasteiger charge is 2.21. The van der Waals surface area contributed by atoms with Crippen LogP contribution in [0.4, 0.5) is 0 Å². The van der Waals surface area contributed by atoms with Crippen LogP contribution in [0.15, 0.2) is 18.2 Å². The smallest absolute Gasteiger partial charge is 0.337 e. The van der Waals surface area contributed by atoms with Crippen LogP contribution >= 0.6 is 22.6 Å². The fourth-order valence-electron chi connectivity index (χ4n) is 1.60. The minimum absolute atomic E-state index is 0.0880. The number of rotatable bonds is 4. The third-order valence-corrected chi connectivity index (χ3v) is 3.41. The van der Waals surface area contributed by atoms with Gasteiger partial charge in [-0.2, -0.15) is 0 Å². The SMILES string of the molecule is CCN(CC)C(=O)c1cccc(I)c1C(=O)O. The van der Waals surface area contributed by atoms with Crippen LogP contribution < -0.4 is 0 Å². The number of carbonyl (C=O) groups excluding carboxylic acids is 1. The number of aromatic carboxylic acids is 1. The summed E-state index contributed by atoms with van der Waals surface area (Å²) in [5.41, 5.74) is 0.345. The minimum Gasteiger partial charge on any atom is -0.478 e. The molecule has 0 radical (unpaired) electrons. The van der Waals surface area contributed by atoms with Crippen molar-refractivity contribution in [2.24, 2.45) is 0 Å². The van der Waals surface area contributed by atoms with Gasteiger partial charge in [-0.25, -0.2) is 4.79 Å². The number of hydrogen-bond donors (Lipinski definition) is 1. The van der Waals surface area contributed by atoms with Gasteiger partial charge < -0.3 is 10.0 Å². The summed E-state index contributed by atoms with van der Waals surface area (Å²) in [4.78, 5) is 24.9. The van der Waals surface area contributed by atoms with Crippen molar-refractivity contribution in [3.63, 3.8) is 0 Å². The average molecular weight is 347 g/mol. The molecular formula is C12H14INO3. The molecule has 0 spiro atoms. The number of nitrogens with zero attached hydrogens (tertiary/aromatic N) is 1. The lowest BCUT2D eigenvalue weighted by Crippen LogP contribution is -2.31. The molecular weight excluding hydrogens is 333 g/mol. The van der Waals surface area contributed by atoms with E-state index in [0.717, 1.165) is 0 Å². The highest BCUT2D eigenvalue weighted by molar-refractivity contribution is 14.1. The van der Waals surface area contributed by atoms with Crippen LogP contribution in [-0.2, 0) is 0 Å². The van der Waals surface area contributed by atoms with Gasteiger partial charge in [0.05, 0.1) is 11.1 Å². The first-order chi connectivity index (χ1) is 8.02. The monoisotopic (exact) mass is 347 g/mol. The first kappa shape index (κ1) is 14.0. The molecule has 92 valence electrons. The van der Waals surface area contributed by atoms with Crippen LogP contribution in [0.2, 0.25) is 0 Å². The summed E-state index contributed by atoms with van der Waals surface area (Å²) in [7, 11) is 0. The van der Waals surface area contributed by atoms with Gasteiger partial charge in [0.25, 0.3) is 5.91 Å². The third-order valence-electron chi connectivity index (χ3n) is 2.51. The molecule has 1 amide bonds. The number of carboxylic acid groups (broad SMARTS) is 1. The van der Waals surface area contributed by atoms with Crippen LogP contribution in [0.25, 0.3) is 0 Å². The molecule has 0 aliphatic carbocycles. The Bertz CT molecular complexity index is 441. The standard InChI is InChI=1S/C12H14INO3/c1-3-14(4-2)11(15)8-6-5-7-9(13)10(8)12(16)17/h5-7H,3-4H2,1-2H3,(H,16,17). The molecule has 0 saturated heterocycles. The van der Waals surface area contributed by atoms with Gasteiger partial charge in [-0.1, -0.05) is 6.07 Å². The van der Waals surface area contributed by atoms with E-state index in [-0.39, 0.29) is 17.0 Å². The topological polar surface area (TPSA) is 57.6 Å². The van der Waals surface area contributed by atoms with Gasteiger partial charge >= 0.3 is 5.97 Å². The molecule has 1 N–H and O–H groups in total. The fourth-order valence-corrected chi connectivity index (χ4v) is 2.33. The summed E-state index contributed by atoms with van der Waals surface area (Å²) in [6, 6.07) is 4.94. The van der Waals surface area contributed by atoms with Crippen molar-refractivity contribution in [2.75, 3.05) is 13.1 Å². The van der Waals surface area contributed by atoms with E-state index in [1.165, 1.54) is 0 Å². The van der Waals surface area contributed by atoms with Gasteiger partial charge in [0.1, 0.15) is 0 Å². The third kappa shape index (κ3) is 2.96. The van der Waals surface area contributed by atoms with Gasteiger partial charge in [-0.3, -0.25) is 4.79 Å². The summed E-state index contributed by atoms with van der Waals surface area (Å²) in [6.45, 7) is 4.88. The summed E-state index contributed by atoms with van der Waals surface area (Å²) < 4.78 is 0.577. The fraction of sp³-hybridized carbons (Fsp3) is 0.333. The normalized spacial score (nSPS) is 10.1. The van der Waals surface area contributed by atoms with Gasteiger partial charge in [-0.05, 0) is 48.6 Å². The Morgan fingerprint density at radius 2 is 1.88 bits per heavy atom. The lowest BCUT2D eigenvalue weighted by atomic mass is 10.1. The molecule has 5 heteroatoms. The Kier molecular flexibility index (Phi) is 4.92. The average Bonchev–Trinajstić information content (AvgIpc) is 2.29. The Hall–Kier alpha value is -1.11. The first-order valence-electron chi connectivity index (χ1n) is 5.34. The second-order valence-corrected chi connectivity index (χ2v) is 4.61. The molecule has 0 bridgehead atoms. The van der Waals surface area contributed by atoms with E-state index >= 15 is 0 Å². The van der Waals surface area contributed by atoms with E-state index in [1.54, 1.807) is 23.1 Å². The molecule has 0 aliphatic rings. The van der Waals surface area contributed by atoms with Crippen LogP contribution in [0, 0.1) is 3.57 Å². The van der Waals surface area contributed by atoms with Crippen molar-refractivity contribution in [1.29, 1.82) is 0 Å². The predicted molar refractivity (Wildman–Crippen MR) is 73.4 cm³/mol. The summed E-state index contributed by atoms with van der Waals surface area (Å²) in [5, 5.41) is 9.15. The van der Waals surface area contributed by atoms with Crippen LogP contribution in [0.3, 0.4) is 0 Å². The molecule has 4 nitrogen and oxygen atoms in total. The lowest BCUT2D eigenvalue weighted by molar-refractivity contribution is 0.0677.